The van der Waals surface area contributed by atoms with Crippen LogP contribution in [0.3, 0.4) is 0 Å². The zero-order valence-corrected chi connectivity index (χ0v) is 14.3. The number of carbonyl (C=O) groups is 2. The first kappa shape index (κ1) is 17.5. The van der Waals surface area contributed by atoms with E-state index in [1.807, 2.05) is 38.1 Å². The molecule has 0 radical (unpaired) electrons. The molecule has 5 heteroatoms. The van der Waals surface area contributed by atoms with Crippen molar-refractivity contribution in [2.75, 3.05) is 18.4 Å². The molecule has 2 amide bonds. The van der Waals surface area contributed by atoms with Crippen molar-refractivity contribution < 1.29 is 9.59 Å². The standard InChI is InChI=1S/C18H23ClN2O2/c1-3-21(4-2)18(23)14-10-6-5-9-13(14)17(22)20-16-12-8-7-11-15(16)19/h5-8,11-14H,3-4,9-10H2,1-2H3,(H,20,22). The van der Waals surface area contributed by atoms with Crippen LogP contribution in [0, 0.1) is 11.8 Å². The predicted molar refractivity (Wildman–Crippen MR) is 93.4 cm³/mol. The molecule has 4 nitrogen and oxygen atoms in total. The molecule has 0 aromatic heterocycles. The van der Waals surface area contributed by atoms with E-state index in [0.29, 0.717) is 36.6 Å². The maximum atomic E-state index is 12.7. The second-order valence-corrected chi connectivity index (χ2v) is 6.04. The third-order valence-electron chi connectivity index (χ3n) is 4.29. The lowest BCUT2D eigenvalue weighted by atomic mass is 9.81. The molecule has 0 aliphatic heterocycles. The number of hydrogen-bond acceptors (Lipinski definition) is 2. The number of carbonyl (C=O) groups excluding carboxylic acids is 2. The van der Waals surface area contributed by atoms with Crippen LogP contribution in [0.15, 0.2) is 36.4 Å². The molecule has 0 bridgehead atoms. The Bertz CT molecular complexity index is 596. The molecule has 23 heavy (non-hydrogen) atoms. The molecule has 1 aliphatic carbocycles. The quantitative estimate of drug-likeness (QED) is 0.834. The second-order valence-electron chi connectivity index (χ2n) is 5.64. The molecule has 2 unspecified atom stereocenters. The van der Waals surface area contributed by atoms with Crippen LogP contribution in [0.4, 0.5) is 5.69 Å². The van der Waals surface area contributed by atoms with E-state index >= 15 is 0 Å². The lowest BCUT2D eigenvalue weighted by Crippen LogP contribution is -2.43. The minimum atomic E-state index is -0.357. The van der Waals surface area contributed by atoms with Gasteiger partial charge in [0.2, 0.25) is 11.8 Å². The normalized spacial score (nSPS) is 20.1. The van der Waals surface area contributed by atoms with Gasteiger partial charge in [-0.25, -0.2) is 0 Å². The molecule has 0 heterocycles. The molecule has 0 fully saturated rings. The molecular formula is C18H23ClN2O2. The lowest BCUT2D eigenvalue weighted by Gasteiger charge is -2.31. The Labute approximate surface area is 142 Å². The van der Waals surface area contributed by atoms with Crippen molar-refractivity contribution in [3.63, 3.8) is 0 Å². The summed E-state index contributed by atoms with van der Waals surface area (Å²) in [5.41, 5.74) is 0.586. The molecule has 0 saturated heterocycles. The number of rotatable bonds is 5. The van der Waals surface area contributed by atoms with Crippen molar-refractivity contribution in [2.45, 2.75) is 26.7 Å². The third-order valence-corrected chi connectivity index (χ3v) is 4.62. The Morgan fingerprint density at radius 1 is 1.13 bits per heavy atom. The van der Waals surface area contributed by atoms with Gasteiger partial charge in [0.1, 0.15) is 0 Å². The fourth-order valence-electron chi connectivity index (χ4n) is 2.93. The summed E-state index contributed by atoms with van der Waals surface area (Å²) in [5, 5.41) is 3.36. The van der Waals surface area contributed by atoms with Gasteiger partial charge in [0.05, 0.1) is 22.5 Å². The highest BCUT2D eigenvalue weighted by Gasteiger charge is 2.35. The van der Waals surface area contributed by atoms with Crippen LogP contribution in [0.2, 0.25) is 5.02 Å². The number of hydrogen-bond donors (Lipinski definition) is 1. The van der Waals surface area contributed by atoms with Crippen LogP contribution in [-0.4, -0.2) is 29.8 Å². The van der Waals surface area contributed by atoms with E-state index in [4.69, 9.17) is 11.6 Å². The summed E-state index contributed by atoms with van der Waals surface area (Å²) in [6, 6.07) is 7.13. The smallest absolute Gasteiger partial charge is 0.228 e. The average Bonchev–Trinajstić information content (AvgIpc) is 2.58. The number of nitrogens with one attached hydrogen (secondary N) is 1. The highest BCUT2D eigenvalue weighted by atomic mass is 35.5. The maximum absolute atomic E-state index is 12.7. The number of anilines is 1. The molecular weight excluding hydrogens is 312 g/mol. The fraction of sp³-hybridized carbons (Fsp3) is 0.444. The maximum Gasteiger partial charge on any atom is 0.228 e. The van der Waals surface area contributed by atoms with E-state index in [2.05, 4.69) is 5.32 Å². The topological polar surface area (TPSA) is 49.4 Å². The van der Waals surface area contributed by atoms with Crippen LogP contribution in [0.1, 0.15) is 26.7 Å². The SMILES string of the molecule is CCN(CC)C(=O)C1CC=CCC1C(=O)Nc1ccccc1Cl. The van der Waals surface area contributed by atoms with Gasteiger partial charge in [0.25, 0.3) is 0 Å². The summed E-state index contributed by atoms with van der Waals surface area (Å²) in [7, 11) is 0. The Balaban J connectivity index is 2.15. The van der Waals surface area contributed by atoms with E-state index in [9.17, 15) is 9.59 Å². The molecule has 124 valence electrons. The number of amides is 2. The zero-order valence-electron chi connectivity index (χ0n) is 13.6. The second kappa shape index (κ2) is 8.16. The largest absolute Gasteiger partial charge is 0.343 e. The molecule has 2 rings (SSSR count). The summed E-state index contributed by atoms with van der Waals surface area (Å²) in [4.78, 5) is 27.1. The van der Waals surface area contributed by atoms with Gasteiger partial charge in [-0.05, 0) is 38.8 Å². The Kier molecular flexibility index (Phi) is 6.22. The highest BCUT2D eigenvalue weighted by molar-refractivity contribution is 6.33. The molecule has 1 N–H and O–H groups in total. The summed E-state index contributed by atoms with van der Waals surface area (Å²) in [6.45, 7) is 5.24. The van der Waals surface area contributed by atoms with Crippen LogP contribution in [0.25, 0.3) is 0 Å². The summed E-state index contributed by atoms with van der Waals surface area (Å²) in [5.74, 6) is -0.752. The van der Waals surface area contributed by atoms with Crippen LogP contribution in [-0.2, 0) is 9.59 Å². The van der Waals surface area contributed by atoms with Crippen molar-refractivity contribution in [3.8, 4) is 0 Å². The van der Waals surface area contributed by atoms with Crippen molar-refractivity contribution in [2.24, 2.45) is 11.8 Å². The van der Waals surface area contributed by atoms with E-state index in [1.165, 1.54) is 0 Å². The van der Waals surface area contributed by atoms with Gasteiger partial charge in [-0.1, -0.05) is 35.9 Å². The Hall–Kier alpha value is -1.81. The molecule has 1 aromatic rings. The molecule has 0 spiro atoms. The average molecular weight is 335 g/mol. The van der Waals surface area contributed by atoms with E-state index in [-0.39, 0.29) is 23.7 Å². The predicted octanol–water partition coefficient (Wildman–Crippen LogP) is 3.73. The van der Waals surface area contributed by atoms with Gasteiger partial charge in [0, 0.05) is 13.1 Å². The zero-order chi connectivity index (χ0) is 16.8. The first-order chi connectivity index (χ1) is 11.1. The van der Waals surface area contributed by atoms with Gasteiger partial charge in [-0.2, -0.15) is 0 Å². The van der Waals surface area contributed by atoms with Crippen molar-refractivity contribution in [1.82, 2.24) is 4.90 Å². The molecule has 0 saturated carbocycles. The number of benzene rings is 1. The Morgan fingerprint density at radius 2 is 1.74 bits per heavy atom. The number of halogens is 1. The van der Waals surface area contributed by atoms with Crippen molar-refractivity contribution in [1.29, 1.82) is 0 Å². The molecule has 1 aliphatic rings. The van der Waals surface area contributed by atoms with E-state index in [0.717, 1.165) is 0 Å². The van der Waals surface area contributed by atoms with E-state index < -0.39 is 0 Å². The Morgan fingerprint density at radius 3 is 2.35 bits per heavy atom. The fourth-order valence-corrected chi connectivity index (χ4v) is 3.12. The van der Waals surface area contributed by atoms with Crippen LogP contribution in [0.5, 0.6) is 0 Å². The number of para-hydroxylation sites is 1. The highest BCUT2D eigenvalue weighted by Crippen LogP contribution is 2.30. The summed E-state index contributed by atoms with van der Waals surface area (Å²) >= 11 is 6.10. The summed E-state index contributed by atoms with van der Waals surface area (Å²) < 4.78 is 0. The minimum absolute atomic E-state index is 0.0543. The van der Waals surface area contributed by atoms with Gasteiger partial charge in [-0.3, -0.25) is 9.59 Å². The number of allylic oxidation sites excluding steroid dienone is 2. The van der Waals surface area contributed by atoms with Gasteiger partial charge >= 0.3 is 0 Å². The lowest BCUT2D eigenvalue weighted by molar-refractivity contribution is -0.140. The first-order valence-electron chi connectivity index (χ1n) is 8.07. The number of nitrogens with zero attached hydrogens (tertiary/aromatic N) is 1. The van der Waals surface area contributed by atoms with Gasteiger partial charge < -0.3 is 10.2 Å². The first-order valence-corrected chi connectivity index (χ1v) is 8.45. The van der Waals surface area contributed by atoms with Gasteiger partial charge in [-0.15, -0.1) is 0 Å². The third kappa shape index (κ3) is 4.14. The monoisotopic (exact) mass is 334 g/mol. The molecule has 1 aromatic carbocycles. The van der Waals surface area contributed by atoms with Crippen LogP contribution < -0.4 is 5.32 Å². The van der Waals surface area contributed by atoms with Crippen molar-refractivity contribution >= 4 is 29.1 Å². The van der Waals surface area contributed by atoms with Crippen molar-refractivity contribution in [3.05, 3.63) is 41.4 Å². The van der Waals surface area contributed by atoms with E-state index in [1.54, 1.807) is 17.0 Å². The molecule has 2 atom stereocenters. The summed E-state index contributed by atoms with van der Waals surface area (Å²) in [6.07, 6.45) is 5.15. The van der Waals surface area contributed by atoms with Gasteiger partial charge in [0.15, 0.2) is 0 Å². The van der Waals surface area contributed by atoms with Crippen LogP contribution >= 0.6 is 11.6 Å². The minimum Gasteiger partial charge on any atom is -0.343 e.